The summed E-state index contributed by atoms with van der Waals surface area (Å²) in [5.41, 5.74) is 1.73. The van der Waals surface area contributed by atoms with Gasteiger partial charge in [0.1, 0.15) is 17.5 Å². The van der Waals surface area contributed by atoms with E-state index in [0.29, 0.717) is 17.5 Å². The number of nitrogens with zero attached hydrogens (tertiary/aromatic N) is 5. The van der Waals surface area contributed by atoms with Crippen LogP contribution in [-0.4, -0.2) is 46.0 Å². The van der Waals surface area contributed by atoms with E-state index in [9.17, 15) is 4.79 Å². The Balaban J connectivity index is 1.45. The summed E-state index contributed by atoms with van der Waals surface area (Å²) in [5, 5.41) is 6.14. The molecule has 1 aliphatic heterocycles. The fourth-order valence-corrected chi connectivity index (χ4v) is 5.38. The van der Waals surface area contributed by atoms with Crippen molar-refractivity contribution in [1.82, 2.24) is 25.3 Å². The predicted octanol–water partition coefficient (Wildman–Crippen LogP) is 3.79. The molecule has 2 fully saturated rings. The molecule has 1 aliphatic carbocycles. The van der Waals surface area contributed by atoms with Gasteiger partial charge in [-0.2, -0.15) is 0 Å². The average Bonchev–Trinajstić information content (AvgIpc) is 3.31. The summed E-state index contributed by atoms with van der Waals surface area (Å²) in [6.45, 7) is 1.78. The van der Waals surface area contributed by atoms with Crippen LogP contribution in [-0.2, 0) is 4.79 Å². The zero-order chi connectivity index (χ0) is 24.3. The van der Waals surface area contributed by atoms with Gasteiger partial charge < -0.3 is 15.5 Å². The maximum atomic E-state index is 12.3. The summed E-state index contributed by atoms with van der Waals surface area (Å²) < 4.78 is 0. The first kappa shape index (κ1) is 22.8. The van der Waals surface area contributed by atoms with Crippen LogP contribution >= 0.6 is 0 Å². The second kappa shape index (κ2) is 9.71. The maximum absolute atomic E-state index is 12.3. The van der Waals surface area contributed by atoms with Crippen LogP contribution in [0.5, 0.6) is 0 Å². The SMILES string of the molecule is C#Cc1ccnc(Nc2cc(N3CCC4(CCCC(C(=O)NC)C4)C3)nc(-c3cccnc3)n2)c1. The second-order valence-corrected chi connectivity index (χ2v) is 9.45. The third-order valence-electron chi connectivity index (χ3n) is 7.13. The Morgan fingerprint density at radius 1 is 1.20 bits per heavy atom. The summed E-state index contributed by atoms with van der Waals surface area (Å²) in [7, 11) is 1.73. The highest BCUT2D eigenvalue weighted by Gasteiger charge is 2.43. The van der Waals surface area contributed by atoms with Crippen molar-refractivity contribution in [3.05, 3.63) is 54.5 Å². The van der Waals surface area contributed by atoms with Crippen LogP contribution in [0.25, 0.3) is 11.4 Å². The van der Waals surface area contributed by atoms with E-state index in [4.69, 9.17) is 16.4 Å². The number of hydrogen-bond donors (Lipinski definition) is 2. The number of aromatic nitrogens is 4. The lowest BCUT2D eigenvalue weighted by Gasteiger charge is -2.37. The highest BCUT2D eigenvalue weighted by Crippen LogP contribution is 2.47. The Kier molecular flexibility index (Phi) is 6.32. The van der Waals surface area contributed by atoms with Gasteiger partial charge in [-0.3, -0.25) is 9.78 Å². The van der Waals surface area contributed by atoms with Crippen molar-refractivity contribution in [2.24, 2.45) is 11.3 Å². The molecule has 0 aromatic carbocycles. The number of rotatable bonds is 5. The van der Waals surface area contributed by atoms with Crippen molar-refractivity contribution in [2.45, 2.75) is 32.1 Å². The first-order valence-corrected chi connectivity index (χ1v) is 12.0. The normalized spacial score (nSPS) is 21.5. The van der Waals surface area contributed by atoms with Gasteiger partial charge in [0.2, 0.25) is 5.91 Å². The number of hydrogen-bond acceptors (Lipinski definition) is 7. The molecular weight excluding hydrogens is 438 g/mol. The molecule has 4 heterocycles. The lowest BCUT2D eigenvalue weighted by Crippen LogP contribution is -2.38. The van der Waals surface area contributed by atoms with E-state index in [1.165, 1.54) is 0 Å². The Hall–Kier alpha value is -3.99. The third kappa shape index (κ3) is 4.94. The summed E-state index contributed by atoms with van der Waals surface area (Å²) >= 11 is 0. The van der Waals surface area contributed by atoms with E-state index in [-0.39, 0.29) is 17.2 Å². The van der Waals surface area contributed by atoms with Crippen LogP contribution in [0.4, 0.5) is 17.5 Å². The molecular formula is C27H29N7O. The molecule has 2 unspecified atom stereocenters. The van der Waals surface area contributed by atoms with Gasteiger partial charge in [-0.1, -0.05) is 12.3 Å². The minimum absolute atomic E-state index is 0.0942. The van der Waals surface area contributed by atoms with Gasteiger partial charge in [-0.05, 0) is 55.4 Å². The van der Waals surface area contributed by atoms with Crippen molar-refractivity contribution in [2.75, 3.05) is 30.4 Å². The van der Waals surface area contributed by atoms with Crippen molar-refractivity contribution in [1.29, 1.82) is 0 Å². The monoisotopic (exact) mass is 467 g/mol. The molecule has 1 saturated carbocycles. The molecule has 8 heteroatoms. The molecule has 1 amide bonds. The zero-order valence-electron chi connectivity index (χ0n) is 19.9. The highest BCUT2D eigenvalue weighted by molar-refractivity contribution is 5.78. The van der Waals surface area contributed by atoms with E-state index in [0.717, 1.165) is 62.1 Å². The zero-order valence-corrected chi connectivity index (χ0v) is 19.9. The maximum Gasteiger partial charge on any atom is 0.222 e. The fraction of sp³-hybridized carbons (Fsp3) is 0.370. The van der Waals surface area contributed by atoms with Crippen LogP contribution in [0, 0.1) is 23.7 Å². The molecule has 35 heavy (non-hydrogen) atoms. The van der Waals surface area contributed by atoms with Crippen LogP contribution in [0.1, 0.15) is 37.7 Å². The van der Waals surface area contributed by atoms with Gasteiger partial charge in [0.15, 0.2) is 5.82 Å². The van der Waals surface area contributed by atoms with Gasteiger partial charge >= 0.3 is 0 Å². The Morgan fingerprint density at radius 3 is 2.91 bits per heavy atom. The Bertz CT molecular complexity index is 1260. The number of amides is 1. The second-order valence-electron chi connectivity index (χ2n) is 9.45. The molecule has 5 rings (SSSR count). The molecule has 8 nitrogen and oxygen atoms in total. The number of carbonyl (C=O) groups excluding carboxylic acids is 1. The number of nitrogens with one attached hydrogen (secondary N) is 2. The summed E-state index contributed by atoms with van der Waals surface area (Å²) in [5.74, 6) is 5.61. The van der Waals surface area contributed by atoms with Crippen LogP contribution in [0.3, 0.4) is 0 Å². The molecule has 0 bridgehead atoms. The van der Waals surface area contributed by atoms with E-state index < -0.39 is 0 Å². The minimum atomic E-state index is 0.0942. The van der Waals surface area contributed by atoms with Gasteiger partial charge in [0.05, 0.1) is 0 Å². The third-order valence-corrected chi connectivity index (χ3v) is 7.13. The number of terminal acetylenes is 1. The standard InChI is InChI=1S/C27H29N7O/c1-3-19-8-12-30-22(14-19)31-23-15-24(33-25(32-23)21-7-5-11-29-17-21)34-13-10-27(18-34)9-4-6-20(16-27)26(35)28-2/h1,5,7-8,11-12,14-15,17,20H,4,6,9-10,13,16,18H2,2H3,(H,28,35)(H,30,31,32,33). The summed E-state index contributed by atoms with van der Waals surface area (Å²) in [6.07, 6.45) is 15.9. The molecule has 178 valence electrons. The smallest absolute Gasteiger partial charge is 0.222 e. The van der Waals surface area contributed by atoms with Crippen LogP contribution < -0.4 is 15.5 Å². The van der Waals surface area contributed by atoms with Gasteiger partial charge in [-0.25, -0.2) is 15.0 Å². The minimum Gasteiger partial charge on any atom is -0.359 e. The van der Waals surface area contributed by atoms with Gasteiger partial charge in [0, 0.05) is 61.8 Å². The molecule has 0 radical (unpaired) electrons. The molecule has 3 aromatic rings. The molecule has 3 aromatic heterocycles. The molecule has 1 spiro atoms. The van der Waals surface area contributed by atoms with E-state index >= 15 is 0 Å². The fourth-order valence-electron chi connectivity index (χ4n) is 5.38. The predicted molar refractivity (Wildman–Crippen MR) is 136 cm³/mol. The quantitative estimate of drug-likeness (QED) is 0.551. The van der Waals surface area contributed by atoms with Crippen LogP contribution in [0.15, 0.2) is 48.9 Å². The lowest BCUT2D eigenvalue weighted by atomic mass is 9.69. The van der Waals surface area contributed by atoms with E-state index in [1.54, 1.807) is 31.7 Å². The summed E-state index contributed by atoms with van der Waals surface area (Å²) in [6, 6.07) is 9.40. The first-order valence-electron chi connectivity index (χ1n) is 12.0. The molecule has 2 N–H and O–H groups in total. The van der Waals surface area contributed by atoms with Crippen LogP contribution in [0.2, 0.25) is 0 Å². The molecule has 2 aliphatic rings. The first-order chi connectivity index (χ1) is 17.1. The average molecular weight is 468 g/mol. The Morgan fingerprint density at radius 2 is 2.11 bits per heavy atom. The number of pyridine rings is 2. The van der Waals surface area contributed by atoms with Crippen molar-refractivity contribution in [3.8, 4) is 23.7 Å². The van der Waals surface area contributed by atoms with Gasteiger partial charge in [0.25, 0.3) is 0 Å². The van der Waals surface area contributed by atoms with Crippen molar-refractivity contribution < 1.29 is 4.79 Å². The van der Waals surface area contributed by atoms with Gasteiger partial charge in [-0.15, -0.1) is 6.42 Å². The number of anilines is 3. The van der Waals surface area contributed by atoms with E-state index in [2.05, 4.69) is 31.4 Å². The molecule has 1 saturated heterocycles. The molecule has 2 atom stereocenters. The largest absolute Gasteiger partial charge is 0.359 e. The summed E-state index contributed by atoms with van der Waals surface area (Å²) in [4.78, 5) is 32.9. The van der Waals surface area contributed by atoms with Crippen molar-refractivity contribution in [3.63, 3.8) is 0 Å². The lowest BCUT2D eigenvalue weighted by molar-refractivity contribution is -0.126. The number of carbonyl (C=O) groups is 1. The van der Waals surface area contributed by atoms with Crippen molar-refractivity contribution >= 4 is 23.4 Å². The highest BCUT2D eigenvalue weighted by atomic mass is 16.1. The van der Waals surface area contributed by atoms with E-state index in [1.807, 2.05) is 24.3 Å². The Labute approximate surface area is 205 Å². The topological polar surface area (TPSA) is 95.9 Å².